The molecule has 2 heterocycles. The fraction of sp³-hybridized carbons (Fsp3) is 0.211. The maximum absolute atomic E-state index is 4.83. The Balaban J connectivity index is 2.34. The van der Waals surface area contributed by atoms with E-state index in [-0.39, 0.29) is 5.41 Å². The molecule has 0 saturated heterocycles. The lowest BCUT2D eigenvalue weighted by Crippen LogP contribution is -2.11. The van der Waals surface area contributed by atoms with E-state index in [1.807, 2.05) is 16.8 Å². The van der Waals surface area contributed by atoms with Gasteiger partial charge in [-0.1, -0.05) is 51.1 Å². The average Bonchev–Trinajstić information content (AvgIpc) is 2.85. The summed E-state index contributed by atoms with van der Waals surface area (Å²) in [6.45, 7) is 6.80. The summed E-state index contributed by atoms with van der Waals surface area (Å²) in [6, 6.07) is 17.1. The van der Waals surface area contributed by atoms with Crippen molar-refractivity contribution < 1.29 is 0 Å². The standard InChI is InChI=1S/C19H18N2/c1-19(2,3)15-12-13-8-4-5-9-14(13)18-17(15)16-10-6-7-11-21(16)20-18/h4-12H,1-3H3. The number of benzene rings is 2. The first kappa shape index (κ1) is 12.4. The number of hydrogen-bond acceptors (Lipinski definition) is 1. The van der Waals surface area contributed by atoms with Gasteiger partial charge in [0.05, 0.1) is 5.52 Å². The fourth-order valence-electron chi connectivity index (χ4n) is 3.11. The maximum Gasteiger partial charge on any atom is 0.101 e. The van der Waals surface area contributed by atoms with Crippen LogP contribution in [-0.2, 0) is 5.41 Å². The Hall–Kier alpha value is -2.35. The van der Waals surface area contributed by atoms with Crippen molar-refractivity contribution in [2.45, 2.75) is 26.2 Å². The van der Waals surface area contributed by atoms with Gasteiger partial charge in [-0.25, -0.2) is 4.52 Å². The molecule has 0 amide bonds. The maximum atomic E-state index is 4.83. The summed E-state index contributed by atoms with van der Waals surface area (Å²) in [6.07, 6.45) is 2.02. The number of rotatable bonds is 0. The van der Waals surface area contributed by atoms with Gasteiger partial charge in [0.15, 0.2) is 0 Å². The van der Waals surface area contributed by atoms with E-state index >= 15 is 0 Å². The van der Waals surface area contributed by atoms with Crippen LogP contribution in [0.2, 0.25) is 0 Å². The molecule has 0 spiro atoms. The Kier molecular flexibility index (Phi) is 2.41. The van der Waals surface area contributed by atoms with Crippen LogP contribution in [0.15, 0.2) is 54.7 Å². The van der Waals surface area contributed by atoms with E-state index in [1.165, 1.54) is 27.2 Å². The van der Waals surface area contributed by atoms with Crippen molar-refractivity contribution in [3.63, 3.8) is 0 Å². The molecule has 21 heavy (non-hydrogen) atoms. The van der Waals surface area contributed by atoms with Gasteiger partial charge < -0.3 is 0 Å². The van der Waals surface area contributed by atoms with E-state index in [2.05, 4.69) is 63.2 Å². The number of aromatic nitrogens is 2. The highest BCUT2D eigenvalue weighted by molar-refractivity contribution is 6.12. The molecule has 0 aliphatic heterocycles. The minimum atomic E-state index is 0.0850. The minimum absolute atomic E-state index is 0.0850. The van der Waals surface area contributed by atoms with Crippen LogP contribution >= 0.6 is 0 Å². The molecule has 2 aromatic heterocycles. The molecular formula is C19H18N2. The van der Waals surface area contributed by atoms with Crippen molar-refractivity contribution in [1.82, 2.24) is 9.61 Å². The van der Waals surface area contributed by atoms with Crippen LogP contribution in [-0.4, -0.2) is 9.61 Å². The second-order valence-electron chi connectivity index (χ2n) is 6.65. The Bertz CT molecular complexity index is 971. The van der Waals surface area contributed by atoms with Crippen molar-refractivity contribution >= 4 is 27.2 Å². The Morgan fingerprint density at radius 3 is 2.52 bits per heavy atom. The lowest BCUT2D eigenvalue weighted by Gasteiger charge is -2.21. The normalized spacial score (nSPS) is 12.5. The van der Waals surface area contributed by atoms with Crippen LogP contribution in [0.1, 0.15) is 26.3 Å². The van der Waals surface area contributed by atoms with Crippen LogP contribution < -0.4 is 0 Å². The first-order valence-corrected chi connectivity index (χ1v) is 7.35. The van der Waals surface area contributed by atoms with E-state index in [0.717, 1.165) is 5.52 Å². The summed E-state index contributed by atoms with van der Waals surface area (Å²) >= 11 is 0. The summed E-state index contributed by atoms with van der Waals surface area (Å²) in [7, 11) is 0. The molecule has 0 aliphatic rings. The first-order valence-electron chi connectivity index (χ1n) is 7.35. The lowest BCUT2D eigenvalue weighted by molar-refractivity contribution is 0.597. The molecule has 4 aromatic rings. The topological polar surface area (TPSA) is 17.3 Å². The third-order valence-corrected chi connectivity index (χ3v) is 4.13. The van der Waals surface area contributed by atoms with Gasteiger partial charge in [0, 0.05) is 17.0 Å². The van der Waals surface area contributed by atoms with Crippen molar-refractivity contribution in [2.75, 3.05) is 0 Å². The van der Waals surface area contributed by atoms with Gasteiger partial charge in [-0.3, -0.25) is 0 Å². The van der Waals surface area contributed by atoms with E-state index in [0.29, 0.717) is 0 Å². The Morgan fingerprint density at radius 1 is 0.952 bits per heavy atom. The highest BCUT2D eigenvalue weighted by Gasteiger charge is 2.21. The SMILES string of the molecule is CC(C)(C)c1cc2ccccc2c2nn3ccccc3c12. The molecule has 2 heteroatoms. The zero-order valence-corrected chi connectivity index (χ0v) is 12.6. The molecule has 0 radical (unpaired) electrons. The number of hydrogen-bond donors (Lipinski definition) is 0. The highest BCUT2D eigenvalue weighted by Crippen LogP contribution is 2.37. The second-order valence-corrected chi connectivity index (χ2v) is 6.65. The van der Waals surface area contributed by atoms with Gasteiger partial charge in [-0.2, -0.15) is 5.10 Å². The van der Waals surface area contributed by atoms with Gasteiger partial charge in [0.25, 0.3) is 0 Å². The minimum Gasteiger partial charge on any atom is -0.240 e. The summed E-state index contributed by atoms with van der Waals surface area (Å²) in [5, 5.41) is 8.60. The molecule has 0 saturated carbocycles. The molecule has 2 nitrogen and oxygen atoms in total. The molecule has 4 rings (SSSR count). The van der Waals surface area contributed by atoms with Gasteiger partial charge in [0.1, 0.15) is 5.52 Å². The van der Waals surface area contributed by atoms with E-state index in [4.69, 9.17) is 5.10 Å². The van der Waals surface area contributed by atoms with Gasteiger partial charge in [-0.15, -0.1) is 0 Å². The molecule has 0 atom stereocenters. The van der Waals surface area contributed by atoms with Crippen molar-refractivity contribution in [3.05, 3.63) is 60.3 Å². The molecule has 0 unspecified atom stereocenters. The van der Waals surface area contributed by atoms with Crippen molar-refractivity contribution in [3.8, 4) is 0 Å². The molecule has 2 aromatic carbocycles. The van der Waals surface area contributed by atoms with Gasteiger partial charge >= 0.3 is 0 Å². The zero-order valence-electron chi connectivity index (χ0n) is 12.6. The molecule has 0 N–H and O–H groups in total. The summed E-state index contributed by atoms with van der Waals surface area (Å²) in [5.41, 5.74) is 3.73. The number of fused-ring (bicyclic) bond motifs is 5. The monoisotopic (exact) mass is 274 g/mol. The van der Waals surface area contributed by atoms with E-state index in [1.54, 1.807) is 0 Å². The van der Waals surface area contributed by atoms with Gasteiger partial charge in [0.2, 0.25) is 0 Å². The van der Waals surface area contributed by atoms with E-state index < -0.39 is 0 Å². The predicted molar refractivity (Wildman–Crippen MR) is 88.9 cm³/mol. The van der Waals surface area contributed by atoms with Crippen LogP contribution in [0.25, 0.3) is 27.2 Å². The third kappa shape index (κ3) is 1.75. The van der Waals surface area contributed by atoms with Gasteiger partial charge in [-0.05, 0) is 34.6 Å². The Labute approximate surface area is 124 Å². The predicted octanol–water partition coefficient (Wildman–Crippen LogP) is 4.94. The summed E-state index contributed by atoms with van der Waals surface area (Å²) in [4.78, 5) is 0. The van der Waals surface area contributed by atoms with Crippen molar-refractivity contribution in [2.24, 2.45) is 0 Å². The smallest absolute Gasteiger partial charge is 0.101 e. The molecule has 0 bridgehead atoms. The van der Waals surface area contributed by atoms with E-state index in [9.17, 15) is 0 Å². The molecular weight excluding hydrogens is 256 g/mol. The molecule has 0 aliphatic carbocycles. The largest absolute Gasteiger partial charge is 0.240 e. The quantitative estimate of drug-likeness (QED) is 0.444. The summed E-state index contributed by atoms with van der Waals surface area (Å²) in [5.74, 6) is 0. The van der Waals surface area contributed by atoms with Crippen LogP contribution in [0.3, 0.4) is 0 Å². The molecule has 104 valence electrons. The average molecular weight is 274 g/mol. The Morgan fingerprint density at radius 2 is 1.71 bits per heavy atom. The van der Waals surface area contributed by atoms with Crippen LogP contribution in [0.5, 0.6) is 0 Å². The number of pyridine rings is 1. The lowest BCUT2D eigenvalue weighted by atomic mass is 9.83. The van der Waals surface area contributed by atoms with Crippen LogP contribution in [0, 0.1) is 0 Å². The van der Waals surface area contributed by atoms with Crippen molar-refractivity contribution in [1.29, 1.82) is 0 Å². The highest BCUT2D eigenvalue weighted by atomic mass is 15.2. The zero-order chi connectivity index (χ0) is 14.6. The third-order valence-electron chi connectivity index (χ3n) is 4.13. The second kappa shape index (κ2) is 4.08. The summed E-state index contributed by atoms with van der Waals surface area (Å²) < 4.78 is 1.99. The first-order chi connectivity index (χ1) is 10.1. The molecule has 0 fully saturated rings. The fourth-order valence-corrected chi connectivity index (χ4v) is 3.11. The van der Waals surface area contributed by atoms with Crippen LogP contribution in [0.4, 0.5) is 0 Å². The number of nitrogens with zero attached hydrogens (tertiary/aromatic N) is 2.